The van der Waals surface area contributed by atoms with Crippen LogP contribution in [0, 0.1) is 5.92 Å². The highest BCUT2D eigenvalue weighted by Gasteiger charge is 2.40. The van der Waals surface area contributed by atoms with Gasteiger partial charge in [0, 0.05) is 43.2 Å². The van der Waals surface area contributed by atoms with Crippen molar-refractivity contribution in [3.8, 4) is 0 Å². The van der Waals surface area contributed by atoms with Crippen molar-refractivity contribution in [1.82, 2.24) is 24.6 Å². The van der Waals surface area contributed by atoms with Gasteiger partial charge in [0.1, 0.15) is 0 Å². The number of benzene rings is 1. The number of nitrogens with one attached hydrogen (secondary N) is 1. The summed E-state index contributed by atoms with van der Waals surface area (Å²) in [5.41, 5.74) is 2.46. The monoisotopic (exact) mass is 445 g/mol. The number of hydrogen-bond donors (Lipinski definition) is 1. The maximum Gasteiger partial charge on any atom is 0.401 e. The highest BCUT2D eigenvalue weighted by atomic mass is 19.4. The lowest BCUT2D eigenvalue weighted by Crippen LogP contribution is -2.59. The molecule has 2 aliphatic heterocycles. The molecule has 1 aromatic carbocycles. The van der Waals surface area contributed by atoms with E-state index >= 15 is 0 Å². The van der Waals surface area contributed by atoms with Crippen LogP contribution in [0.15, 0.2) is 23.1 Å². The molecule has 1 aliphatic carbocycles. The number of piperazine rings is 1. The van der Waals surface area contributed by atoms with Crippen LogP contribution in [0.4, 0.5) is 13.2 Å². The zero-order valence-corrected chi connectivity index (χ0v) is 17.3. The van der Waals surface area contributed by atoms with Crippen LogP contribution in [0.1, 0.15) is 28.8 Å². The first-order valence-corrected chi connectivity index (χ1v) is 10.9. The topological polar surface area (TPSA) is 74.2 Å². The van der Waals surface area contributed by atoms with Gasteiger partial charge in [-0.25, -0.2) is 0 Å². The number of H-pyrrole nitrogens is 1. The molecule has 7 nitrogen and oxygen atoms in total. The summed E-state index contributed by atoms with van der Waals surface area (Å²) >= 11 is 0. The Kier molecular flexibility index (Phi) is 4.21. The number of pyridine rings is 1. The summed E-state index contributed by atoms with van der Waals surface area (Å²) < 4.78 is 40.4. The van der Waals surface area contributed by atoms with Crippen LogP contribution in [0.3, 0.4) is 0 Å². The molecule has 1 amide bonds. The average molecular weight is 445 g/mol. The number of amides is 1. The molecule has 2 fully saturated rings. The lowest BCUT2D eigenvalue weighted by molar-refractivity contribution is -0.150. The molecule has 3 aliphatic rings. The van der Waals surface area contributed by atoms with Crippen molar-refractivity contribution in [3.05, 3.63) is 39.8 Å². The number of fused-ring (bicyclic) bond motifs is 5. The Balaban J connectivity index is 1.42. The van der Waals surface area contributed by atoms with Crippen molar-refractivity contribution in [1.29, 1.82) is 0 Å². The fourth-order valence-corrected chi connectivity index (χ4v) is 5.19. The van der Waals surface area contributed by atoms with Gasteiger partial charge in [0.2, 0.25) is 0 Å². The minimum Gasteiger partial charge on any atom is -0.333 e. The average Bonchev–Trinajstić information content (AvgIpc) is 3.43. The van der Waals surface area contributed by atoms with Crippen molar-refractivity contribution in [2.24, 2.45) is 5.92 Å². The molecule has 1 N–H and O–H groups in total. The van der Waals surface area contributed by atoms with Crippen molar-refractivity contribution in [3.63, 3.8) is 0 Å². The largest absolute Gasteiger partial charge is 0.401 e. The van der Waals surface area contributed by atoms with Gasteiger partial charge in [-0.05, 0) is 42.9 Å². The number of aromatic amines is 1. The Morgan fingerprint density at radius 1 is 1.12 bits per heavy atom. The zero-order valence-electron chi connectivity index (χ0n) is 17.3. The van der Waals surface area contributed by atoms with Crippen LogP contribution in [0.25, 0.3) is 21.8 Å². The van der Waals surface area contributed by atoms with E-state index < -0.39 is 12.7 Å². The summed E-state index contributed by atoms with van der Waals surface area (Å²) in [6.45, 7) is 0.448. The third kappa shape index (κ3) is 3.28. The highest BCUT2D eigenvalue weighted by Crippen LogP contribution is 2.34. The van der Waals surface area contributed by atoms with Crippen LogP contribution >= 0.6 is 0 Å². The van der Waals surface area contributed by atoms with E-state index in [-0.39, 0.29) is 37.1 Å². The SMILES string of the molecule is O=C1c2cc3c(cc2CC2CN(CC(F)(F)F)CCN12)[nH]c(=O)c1cnn(CC2CC2)c13. The first-order chi connectivity index (χ1) is 15.3. The molecule has 1 atom stereocenters. The van der Waals surface area contributed by atoms with Gasteiger partial charge in [-0.3, -0.25) is 19.2 Å². The van der Waals surface area contributed by atoms with Crippen LogP contribution in [-0.4, -0.2) is 68.9 Å². The zero-order chi connectivity index (χ0) is 22.2. The van der Waals surface area contributed by atoms with Gasteiger partial charge < -0.3 is 9.88 Å². The van der Waals surface area contributed by atoms with E-state index in [2.05, 4.69) is 10.1 Å². The number of hydrogen-bond acceptors (Lipinski definition) is 4. The standard InChI is InChI=1S/C22H22F3N5O2/c23-22(24,25)11-28-3-4-29-14(10-28)5-13-6-18-16(7-15(13)21(29)32)19-17(20(31)27-18)8-26-30(19)9-12-1-2-12/h6-8,12,14H,1-5,9-11H2,(H,27,31). The van der Waals surface area contributed by atoms with E-state index in [9.17, 15) is 22.8 Å². The molecule has 0 radical (unpaired) electrons. The Bertz CT molecular complexity index is 1310. The van der Waals surface area contributed by atoms with Gasteiger partial charge in [0.05, 0.1) is 29.2 Å². The number of carbonyl (C=O) groups is 1. The maximum atomic E-state index is 13.3. The third-order valence-electron chi connectivity index (χ3n) is 6.88. The molecule has 0 bridgehead atoms. The Morgan fingerprint density at radius 2 is 1.94 bits per heavy atom. The van der Waals surface area contributed by atoms with E-state index in [4.69, 9.17) is 0 Å². The molecule has 10 heteroatoms. The number of alkyl halides is 3. The summed E-state index contributed by atoms with van der Waals surface area (Å²) in [5, 5.41) is 5.70. The number of aromatic nitrogens is 3. The molecule has 1 saturated heterocycles. The number of carbonyl (C=O) groups excluding carboxylic acids is 1. The van der Waals surface area contributed by atoms with Crippen molar-refractivity contribution >= 4 is 27.7 Å². The van der Waals surface area contributed by atoms with Gasteiger partial charge in [-0.2, -0.15) is 18.3 Å². The van der Waals surface area contributed by atoms with Gasteiger partial charge in [-0.1, -0.05) is 0 Å². The van der Waals surface area contributed by atoms with E-state index in [1.54, 1.807) is 11.1 Å². The number of nitrogens with zero attached hydrogens (tertiary/aromatic N) is 4. The molecule has 6 rings (SSSR count). The summed E-state index contributed by atoms with van der Waals surface area (Å²) in [6, 6.07) is 3.34. The highest BCUT2D eigenvalue weighted by molar-refractivity contribution is 6.08. The van der Waals surface area contributed by atoms with Crippen LogP contribution in [0.2, 0.25) is 0 Å². The predicted molar refractivity (Wildman–Crippen MR) is 112 cm³/mol. The van der Waals surface area contributed by atoms with Gasteiger partial charge in [-0.15, -0.1) is 0 Å². The molecule has 4 heterocycles. The van der Waals surface area contributed by atoms with Crippen molar-refractivity contribution < 1.29 is 18.0 Å². The van der Waals surface area contributed by atoms with Gasteiger partial charge in [0.25, 0.3) is 11.5 Å². The summed E-state index contributed by atoms with van der Waals surface area (Å²) in [4.78, 5) is 31.9. The second kappa shape index (κ2) is 6.81. The van der Waals surface area contributed by atoms with E-state index in [0.717, 1.165) is 35.9 Å². The first kappa shape index (κ1) is 19.8. The van der Waals surface area contributed by atoms with Crippen LogP contribution in [-0.2, 0) is 13.0 Å². The lowest BCUT2D eigenvalue weighted by atomic mass is 9.90. The van der Waals surface area contributed by atoms with Gasteiger partial charge in [0.15, 0.2) is 0 Å². The summed E-state index contributed by atoms with van der Waals surface area (Å²) in [6.07, 6.45) is 0.0826. The van der Waals surface area contributed by atoms with E-state index in [0.29, 0.717) is 28.8 Å². The Morgan fingerprint density at radius 3 is 2.69 bits per heavy atom. The fourth-order valence-electron chi connectivity index (χ4n) is 5.19. The molecule has 1 unspecified atom stereocenters. The van der Waals surface area contributed by atoms with Gasteiger partial charge >= 0.3 is 6.18 Å². The normalized spacial score (nSPS) is 21.9. The van der Waals surface area contributed by atoms with E-state index in [1.807, 2.05) is 16.8 Å². The minimum absolute atomic E-state index is 0.155. The van der Waals surface area contributed by atoms with Crippen LogP contribution in [0.5, 0.6) is 0 Å². The molecule has 2 aromatic heterocycles. The number of rotatable bonds is 3. The molecule has 168 valence electrons. The first-order valence-electron chi connectivity index (χ1n) is 10.9. The minimum atomic E-state index is -4.26. The molecule has 3 aromatic rings. The molecular weight excluding hydrogens is 423 g/mol. The fraction of sp³-hybridized carbons (Fsp3) is 0.500. The predicted octanol–water partition coefficient (Wildman–Crippen LogP) is 2.53. The Labute approximate surface area is 180 Å². The molecular formula is C22H22F3N5O2. The smallest absolute Gasteiger partial charge is 0.333 e. The second-order valence-electron chi connectivity index (χ2n) is 9.25. The Hall–Kier alpha value is -2.88. The third-order valence-corrected chi connectivity index (χ3v) is 6.88. The summed E-state index contributed by atoms with van der Waals surface area (Å²) in [7, 11) is 0. The maximum absolute atomic E-state index is 13.3. The molecule has 0 spiro atoms. The van der Waals surface area contributed by atoms with Crippen LogP contribution < -0.4 is 5.56 Å². The van der Waals surface area contributed by atoms with Crippen molar-refractivity contribution in [2.75, 3.05) is 26.2 Å². The lowest BCUT2D eigenvalue weighted by Gasteiger charge is -2.44. The molecule has 32 heavy (non-hydrogen) atoms. The van der Waals surface area contributed by atoms with E-state index in [1.165, 1.54) is 4.90 Å². The second-order valence-corrected chi connectivity index (χ2v) is 9.25. The molecule has 1 saturated carbocycles. The quantitative estimate of drug-likeness (QED) is 0.673. The van der Waals surface area contributed by atoms with Crippen molar-refractivity contribution in [2.45, 2.75) is 38.0 Å². The number of halogens is 3. The summed E-state index contributed by atoms with van der Waals surface area (Å²) in [5.74, 6) is 0.415.